The molecule has 9 nitrogen and oxygen atoms in total. The predicted molar refractivity (Wildman–Crippen MR) is 193 cm³/mol. The van der Waals surface area contributed by atoms with Gasteiger partial charge in [-0.3, -0.25) is 14.3 Å². The number of benzene rings is 2. The molecule has 49 heavy (non-hydrogen) atoms. The lowest BCUT2D eigenvalue weighted by molar-refractivity contribution is 0.0131. The first-order chi connectivity index (χ1) is 23.5. The fourth-order valence-electron chi connectivity index (χ4n) is 8.21. The van der Waals surface area contributed by atoms with Crippen LogP contribution in [-0.2, 0) is 33.5 Å². The van der Waals surface area contributed by atoms with Crippen molar-refractivity contribution >= 4 is 39.0 Å². The summed E-state index contributed by atoms with van der Waals surface area (Å²) in [5.41, 5.74) is 3.78. The highest BCUT2D eigenvalue weighted by Crippen LogP contribution is 2.47. The SMILES string of the molecule is CO[C@H]1/C=C/C[C@H](C)C[S@@](=O)(NC(=O)c2ccn(C)c2)=NC(=O)c2ccc3c(c2)N(C[C@@H]2CC[C@H]21)C[C@@]1(CCCc2cc(Cl)ccc21)CO3. The van der Waals surface area contributed by atoms with Crippen molar-refractivity contribution in [1.29, 1.82) is 0 Å². The Kier molecular flexibility index (Phi) is 9.41. The van der Waals surface area contributed by atoms with E-state index in [4.69, 9.17) is 21.1 Å². The number of aryl methyl sites for hydroxylation is 2. The number of hydrogen-bond acceptors (Lipinski definition) is 6. The molecule has 260 valence electrons. The van der Waals surface area contributed by atoms with Crippen molar-refractivity contribution in [2.75, 3.05) is 37.5 Å². The van der Waals surface area contributed by atoms with Crippen LogP contribution in [0.25, 0.3) is 0 Å². The third kappa shape index (κ3) is 6.92. The maximum Gasteiger partial charge on any atom is 0.286 e. The van der Waals surface area contributed by atoms with Crippen molar-refractivity contribution in [2.24, 2.45) is 29.2 Å². The van der Waals surface area contributed by atoms with Gasteiger partial charge in [-0.05, 0) is 104 Å². The number of rotatable bonds is 3. The van der Waals surface area contributed by atoms with Gasteiger partial charge in [0.15, 0.2) is 0 Å². The van der Waals surface area contributed by atoms with Crippen LogP contribution in [0.15, 0.2) is 71.4 Å². The fourth-order valence-corrected chi connectivity index (χ4v) is 10.3. The number of amides is 2. The first-order valence-corrected chi connectivity index (χ1v) is 19.3. The van der Waals surface area contributed by atoms with Gasteiger partial charge in [0.25, 0.3) is 11.8 Å². The van der Waals surface area contributed by atoms with Crippen molar-refractivity contribution in [3.05, 3.63) is 94.3 Å². The van der Waals surface area contributed by atoms with E-state index in [1.807, 2.05) is 25.1 Å². The van der Waals surface area contributed by atoms with Crippen LogP contribution in [0.3, 0.4) is 0 Å². The van der Waals surface area contributed by atoms with E-state index in [9.17, 15) is 13.8 Å². The van der Waals surface area contributed by atoms with Crippen molar-refractivity contribution in [1.82, 2.24) is 9.29 Å². The lowest BCUT2D eigenvalue weighted by atomic mass is 9.68. The number of anilines is 1. The first kappa shape index (κ1) is 33.9. The lowest BCUT2D eigenvalue weighted by Gasteiger charge is -2.46. The van der Waals surface area contributed by atoms with Gasteiger partial charge in [0.1, 0.15) is 15.7 Å². The molecule has 2 amide bonds. The Balaban J connectivity index is 1.31. The molecule has 2 aliphatic carbocycles. The van der Waals surface area contributed by atoms with Crippen molar-refractivity contribution in [3.63, 3.8) is 0 Å². The zero-order valence-electron chi connectivity index (χ0n) is 28.4. The van der Waals surface area contributed by atoms with E-state index in [0.29, 0.717) is 41.7 Å². The summed E-state index contributed by atoms with van der Waals surface area (Å²) in [5, 5.41) is 0.743. The van der Waals surface area contributed by atoms with E-state index < -0.39 is 21.7 Å². The van der Waals surface area contributed by atoms with Gasteiger partial charge in [-0.25, -0.2) is 4.21 Å². The number of allylic oxidation sites excluding steroid dienone is 1. The van der Waals surface area contributed by atoms with Gasteiger partial charge < -0.3 is 18.9 Å². The van der Waals surface area contributed by atoms with Crippen molar-refractivity contribution < 1.29 is 23.3 Å². The van der Waals surface area contributed by atoms with Crippen LogP contribution in [0, 0.1) is 17.8 Å². The molecule has 2 aliphatic heterocycles. The maximum atomic E-state index is 14.4. The molecular formula is C38H45ClN4O5S. The number of carbonyl (C=O) groups is 2. The van der Waals surface area contributed by atoms with Gasteiger partial charge in [-0.2, -0.15) is 0 Å². The summed E-state index contributed by atoms with van der Waals surface area (Å²) in [6.45, 7) is 3.98. The quantitative estimate of drug-likeness (QED) is 0.303. The largest absolute Gasteiger partial charge is 0.490 e. The second kappa shape index (κ2) is 13.6. The average molecular weight is 705 g/mol. The molecular weight excluding hydrogens is 660 g/mol. The highest BCUT2D eigenvalue weighted by atomic mass is 35.5. The number of ether oxygens (including phenoxy) is 2. The van der Waals surface area contributed by atoms with Crippen LogP contribution >= 0.6 is 11.6 Å². The Morgan fingerprint density at radius 1 is 1.18 bits per heavy atom. The van der Waals surface area contributed by atoms with E-state index in [1.54, 1.807) is 43.3 Å². The smallest absolute Gasteiger partial charge is 0.286 e. The molecule has 3 heterocycles. The van der Waals surface area contributed by atoms with Gasteiger partial charge in [-0.1, -0.05) is 36.7 Å². The van der Waals surface area contributed by atoms with Crippen molar-refractivity contribution in [2.45, 2.75) is 57.0 Å². The minimum absolute atomic E-state index is 0.0253. The summed E-state index contributed by atoms with van der Waals surface area (Å²) < 4.78 is 35.8. The fraction of sp³-hybridized carbons (Fsp3) is 0.474. The molecule has 11 heteroatoms. The maximum absolute atomic E-state index is 14.4. The van der Waals surface area contributed by atoms with Gasteiger partial charge in [-0.15, -0.1) is 4.36 Å². The molecule has 1 aromatic heterocycles. The molecule has 4 aliphatic rings. The lowest BCUT2D eigenvalue weighted by Crippen LogP contribution is -2.49. The van der Waals surface area contributed by atoms with Crippen LogP contribution < -0.4 is 14.4 Å². The third-order valence-electron chi connectivity index (χ3n) is 10.9. The number of carbonyl (C=O) groups excluding carboxylic acids is 2. The highest BCUT2D eigenvalue weighted by Gasteiger charge is 2.44. The zero-order valence-corrected chi connectivity index (χ0v) is 30.0. The average Bonchev–Trinajstić information content (AvgIpc) is 3.43. The van der Waals surface area contributed by atoms with Gasteiger partial charge >= 0.3 is 0 Å². The molecule has 1 N–H and O–H groups in total. The Bertz CT molecular complexity index is 1910. The van der Waals surface area contributed by atoms with Crippen LogP contribution in [0.5, 0.6) is 5.75 Å². The molecule has 7 rings (SSSR count). The van der Waals surface area contributed by atoms with E-state index in [1.165, 1.54) is 11.1 Å². The zero-order chi connectivity index (χ0) is 34.3. The number of halogens is 1. The highest BCUT2D eigenvalue weighted by molar-refractivity contribution is 7.92. The summed E-state index contributed by atoms with van der Waals surface area (Å²) in [7, 11) is 0.0872. The normalized spacial score (nSPS) is 30.5. The van der Waals surface area contributed by atoms with Gasteiger partial charge in [0, 0.05) is 55.6 Å². The predicted octanol–water partition coefficient (Wildman–Crippen LogP) is 6.74. The summed E-state index contributed by atoms with van der Waals surface area (Å²) in [4.78, 5) is 29.5. The molecule has 0 radical (unpaired) electrons. The minimum atomic E-state index is -3.49. The number of aromatic nitrogens is 1. The molecule has 1 spiro atoms. The van der Waals surface area contributed by atoms with Crippen molar-refractivity contribution in [3.8, 4) is 5.75 Å². The van der Waals surface area contributed by atoms with E-state index in [-0.39, 0.29) is 23.2 Å². The topological polar surface area (TPSA) is 102 Å². The van der Waals surface area contributed by atoms with Crippen LogP contribution in [-0.4, -0.2) is 59.3 Å². The van der Waals surface area contributed by atoms with E-state index in [0.717, 1.165) is 55.9 Å². The second-order valence-electron chi connectivity index (χ2n) is 14.5. The Labute approximate surface area is 294 Å². The second-order valence-corrected chi connectivity index (χ2v) is 16.9. The molecule has 6 atom stereocenters. The Morgan fingerprint density at radius 3 is 2.80 bits per heavy atom. The monoisotopic (exact) mass is 704 g/mol. The number of methoxy groups -OCH3 is 1. The third-order valence-corrected chi connectivity index (χ3v) is 13.1. The molecule has 1 saturated carbocycles. The number of fused-ring (bicyclic) bond motifs is 4. The molecule has 0 unspecified atom stereocenters. The summed E-state index contributed by atoms with van der Waals surface area (Å²) >= 11 is 6.45. The van der Waals surface area contributed by atoms with E-state index >= 15 is 0 Å². The number of nitrogens with zero attached hydrogens (tertiary/aromatic N) is 3. The summed E-state index contributed by atoms with van der Waals surface area (Å²) in [5.74, 6) is 0.189. The number of nitrogens with one attached hydrogen (secondary N) is 1. The van der Waals surface area contributed by atoms with Gasteiger partial charge in [0.2, 0.25) is 0 Å². The standard InChI is InChI=1S/C38H45ClN4O5S/c1-25-6-4-8-34(47-3)31-12-9-28(31)21-43-23-38(16-5-7-26-18-30(39)11-13-32(26)38)24-48-35-14-10-27(19-33(35)43)36(44)40-49(46,22-25)41-37(45)29-15-17-42(2)20-29/h4,8,10-11,13-15,17-20,25,28,31,34H,5-7,9,12,16,21-24H2,1-3H3,(H,40,41,44,45,46)/b8-4+/t25-,28-,31+,34-,38-,49-/m0/s1. The molecule has 1 fully saturated rings. The van der Waals surface area contributed by atoms with Crippen LogP contribution in [0.1, 0.15) is 70.9 Å². The Morgan fingerprint density at radius 2 is 2.04 bits per heavy atom. The Hall–Kier alpha value is -3.60. The summed E-state index contributed by atoms with van der Waals surface area (Å²) in [6, 6.07) is 13.2. The summed E-state index contributed by atoms with van der Waals surface area (Å²) in [6.07, 6.45) is 13.3. The molecule has 0 saturated heterocycles. The molecule has 3 aromatic rings. The molecule has 2 aromatic carbocycles. The number of hydrogen-bond donors (Lipinski definition) is 1. The minimum Gasteiger partial charge on any atom is -0.490 e. The van der Waals surface area contributed by atoms with Crippen LogP contribution in [0.2, 0.25) is 5.02 Å². The van der Waals surface area contributed by atoms with Crippen LogP contribution in [0.4, 0.5) is 5.69 Å². The van der Waals surface area contributed by atoms with E-state index in [2.05, 4.69) is 38.3 Å². The molecule has 2 bridgehead atoms. The van der Waals surface area contributed by atoms with Gasteiger partial charge in [0.05, 0.1) is 29.7 Å². The first-order valence-electron chi connectivity index (χ1n) is 17.3.